The highest BCUT2D eigenvalue weighted by Crippen LogP contribution is 2.64. The summed E-state index contributed by atoms with van der Waals surface area (Å²) < 4.78 is 25.5. The molecule has 0 aromatic heterocycles. The number of carbonyl (C=O) groups is 1. The van der Waals surface area contributed by atoms with Crippen molar-refractivity contribution in [2.75, 3.05) is 15.2 Å². The first kappa shape index (κ1) is 22.6. The number of rotatable bonds is 6. The second kappa shape index (κ2) is 8.55. The van der Waals surface area contributed by atoms with Gasteiger partial charge in [0.05, 0.1) is 17.1 Å². The first-order valence-electron chi connectivity index (χ1n) is 9.72. The van der Waals surface area contributed by atoms with Crippen LogP contribution in [0.1, 0.15) is 33.6 Å². The van der Waals surface area contributed by atoms with E-state index in [1.165, 1.54) is 4.31 Å². The second-order valence-corrected chi connectivity index (χ2v) is 10.6. The first-order chi connectivity index (χ1) is 14.0. The average Bonchev–Trinajstić information content (AvgIpc) is 2.86. The van der Waals surface area contributed by atoms with Crippen LogP contribution in [-0.4, -0.2) is 32.9 Å². The minimum atomic E-state index is -3.34. The third kappa shape index (κ3) is 4.62. The maximum atomic E-state index is 11.2. The molecule has 1 heterocycles. The summed E-state index contributed by atoms with van der Waals surface area (Å²) in [6, 6.07) is 14.1. The molecule has 1 aliphatic heterocycles. The van der Waals surface area contributed by atoms with E-state index in [4.69, 9.17) is 16.7 Å². The second-order valence-electron chi connectivity index (χ2n) is 8.37. The molecule has 1 atom stereocenters. The van der Waals surface area contributed by atoms with Crippen LogP contribution in [0.4, 0.5) is 21.9 Å². The Bertz CT molecular complexity index is 905. The predicted molar refractivity (Wildman–Crippen MR) is 124 cm³/mol. The number of anilines is 3. The molecule has 1 aliphatic rings. The summed E-state index contributed by atoms with van der Waals surface area (Å²) in [7, 11) is -3.34. The third-order valence-electron chi connectivity index (χ3n) is 5.15. The zero-order valence-electron chi connectivity index (χ0n) is 17.2. The van der Waals surface area contributed by atoms with Gasteiger partial charge >= 0.3 is 6.09 Å². The van der Waals surface area contributed by atoms with Crippen molar-refractivity contribution in [1.29, 1.82) is 0 Å². The number of fused-ring (bicyclic) bond motifs is 1. The van der Waals surface area contributed by atoms with Crippen molar-refractivity contribution < 1.29 is 19.0 Å². The van der Waals surface area contributed by atoms with Gasteiger partial charge in [-0.3, -0.25) is 13.4 Å². The number of nitrogens with one attached hydrogen (secondary N) is 1. The number of halogens is 1. The van der Waals surface area contributed by atoms with Crippen LogP contribution in [0, 0.1) is 5.41 Å². The highest BCUT2D eigenvalue weighted by Gasteiger charge is 2.41. The van der Waals surface area contributed by atoms with E-state index in [0.29, 0.717) is 41.5 Å². The molecule has 3 rings (SSSR count). The van der Waals surface area contributed by atoms with E-state index in [9.17, 15) is 13.9 Å². The van der Waals surface area contributed by atoms with Crippen LogP contribution < -0.4 is 13.9 Å². The van der Waals surface area contributed by atoms with Crippen molar-refractivity contribution in [2.45, 2.75) is 39.7 Å². The van der Waals surface area contributed by atoms with E-state index in [0.717, 1.165) is 0 Å². The van der Waals surface area contributed by atoms with E-state index in [-0.39, 0.29) is 11.5 Å². The molecule has 2 aromatic carbocycles. The van der Waals surface area contributed by atoms with Gasteiger partial charge < -0.3 is 10.4 Å². The van der Waals surface area contributed by atoms with Crippen LogP contribution in [0.15, 0.2) is 48.5 Å². The molecule has 30 heavy (non-hydrogen) atoms. The summed E-state index contributed by atoms with van der Waals surface area (Å²) in [5.74, 6) is 0. The molecule has 0 saturated heterocycles. The Balaban J connectivity index is 1.86. The van der Waals surface area contributed by atoms with Gasteiger partial charge in [0.1, 0.15) is 0 Å². The van der Waals surface area contributed by atoms with Crippen molar-refractivity contribution in [3.63, 3.8) is 0 Å². The fourth-order valence-electron chi connectivity index (χ4n) is 3.63. The molecule has 2 aromatic rings. The molecule has 0 fully saturated rings. The Labute approximate surface area is 183 Å². The van der Waals surface area contributed by atoms with Crippen LogP contribution in [0.25, 0.3) is 0 Å². The third-order valence-corrected chi connectivity index (χ3v) is 7.26. The fraction of sp³-hybridized carbons (Fsp3) is 0.381. The predicted octanol–water partition coefficient (Wildman–Crippen LogP) is 6.34. The van der Waals surface area contributed by atoms with Crippen molar-refractivity contribution >= 4 is 45.7 Å². The maximum Gasteiger partial charge on any atom is 0.404 e. The number of para-hydroxylation sites is 1. The lowest BCUT2D eigenvalue weighted by atomic mass is 9.84. The number of amides is 1. The van der Waals surface area contributed by atoms with Gasteiger partial charge in [-0.05, 0) is 59.6 Å². The molecule has 7 nitrogen and oxygen atoms in total. The zero-order valence-corrected chi connectivity index (χ0v) is 18.8. The van der Waals surface area contributed by atoms with Crippen LogP contribution in [0.3, 0.4) is 0 Å². The number of benzene rings is 2. The molecule has 1 amide bonds. The van der Waals surface area contributed by atoms with Gasteiger partial charge in [0.25, 0.3) is 0 Å². The molecule has 0 saturated carbocycles. The summed E-state index contributed by atoms with van der Waals surface area (Å²) in [5.41, 5.74) is 1.71. The molecule has 0 spiro atoms. The van der Waals surface area contributed by atoms with Gasteiger partial charge in [0.15, 0.2) is 0 Å². The van der Waals surface area contributed by atoms with Gasteiger partial charge in [0.2, 0.25) is 0 Å². The molecular formula is C21H28ClN3O4S. The zero-order chi connectivity index (χ0) is 22.1. The van der Waals surface area contributed by atoms with Gasteiger partial charge in [-0.2, -0.15) is 0 Å². The smallest absolute Gasteiger partial charge is 0.404 e. The van der Waals surface area contributed by atoms with Crippen LogP contribution in [0.2, 0.25) is 5.02 Å². The molecular weight excluding hydrogens is 426 g/mol. The summed E-state index contributed by atoms with van der Waals surface area (Å²) in [5, 5.41) is 12.2. The quantitative estimate of drug-likeness (QED) is 0.407. The van der Waals surface area contributed by atoms with Crippen molar-refractivity contribution in [3.05, 3.63) is 53.6 Å². The lowest BCUT2D eigenvalue weighted by Gasteiger charge is -2.44. The largest absolute Gasteiger partial charge is 0.465 e. The first-order valence-corrected chi connectivity index (χ1v) is 11.6. The Kier molecular flexibility index (Phi) is 6.43. The van der Waals surface area contributed by atoms with Crippen molar-refractivity contribution in [2.24, 2.45) is 5.41 Å². The van der Waals surface area contributed by atoms with Crippen molar-refractivity contribution in [1.82, 2.24) is 5.32 Å². The summed E-state index contributed by atoms with van der Waals surface area (Å²) in [6.45, 7) is 6.29. The highest BCUT2D eigenvalue weighted by atomic mass is 35.5. The molecule has 164 valence electrons. The fourth-order valence-corrected chi connectivity index (χ4v) is 5.60. The van der Waals surface area contributed by atoms with Gasteiger partial charge in [0, 0.05) is 17.6 Å². The van der Waals surface area contributed by atoms with Gasteiger partial charge in [-0.1, -0.05) is 50.6 Å². The summed E-state index contributed by atoms with van der Waals surface area (Å²) >= 11 is 6.20. The van der Waals surface area contributed by atoms with Crippen LogP contribution in [0.5, 0.6) is 0 Å². The summed E-state index contributed by atoms with van der Waals surface area (Å²) in [6.07, 6.45) is 0.0782. The topological polar surface area (TPSA) is 96.3 Å². The van der Waals surface area contributed by atoms with E-state index in [1.54, 1.807) is 22.5 Å². The van der Waals surface area contributed by atoms with Crippen LogP contribution >= 0.6 is 22.6 Å². The lowest BCUT2D eigenvalue weighted by Crippen LogP contribution is -2.43. The molecule has 0 aliphatic carbocycles. The van der Waals surface area contributed by atoms with E-state index in [2.05, 4.69) is 5.32 Å². The van der Waals surface area contributed by atoms with Gasteiger partial charge in [-0.15, -0.1) is 0 Å². The van der Waals surface area contributed by atoms with E-state index < -0.39 is 17.1 Å². The Morgan fingerprint density at radius 2 is 1.80 bits per heavy atom. The lowest BCUT2D eigenvalue weighted by molar-refractivity contribution is 0.171. The monoisotopic (exact) mass is 453 g/mol. The van der Waals surface area contributed by atoms with Gasteiger partial charge in [-0.25, -0.2) is 9.10 Å². The number of carboxylic acid groups (broad SMARTS) is 1. The minimum Gasteiger partial charge on any atom is -0.465 e. The molecule has 1 unspecified atom stereocenters. The maximum absolute atomic E-state index is 11.2. The molecule has 0 bridgehead atoms. The number of hydrogen-bond donors (Lipinski definition) is 4. The SMILES string of the molecule is CC(C)(C)C(CCCN1c2ccc(Cl)cc2N(c2ccccc2)S1(O)O)NC(=O)O. The molecule has 4 N–H and O–H groups in total. The van der Waals surface area contributed by atoms with E-state index in [1.807, 2.05) is 51.1 Å². The van der Waals surface area contributed by atoms with Crippen LogP contribution in [-0.2, 0) is 0 Å². The number of nitrogens with zero attached hydrogens (tertiary/aromatic N) is 2. The Morgan fingerprint density at radius 1 is 1.13 bits per heavy atom. The Morgan fingerprint density at radius 3 is 2.40 bits per heavy atom. The molecule has 9 heteroatoms. The van der Waals surface area contributed by atoms with Crippen molar-refractivity contribution in [3.8, 4) is 0 Å². The minimum absolute atomic E-state index is 0.255. The van der Waals surface area contributed by atoms with E-state index >= 15 is 0 Å². The average molecular weight is 454 g/mol. The Hall–Kier alpha value is -2.13. The molecule has 0 radical (unpaired) electrons. The number of hydrogen-bond acceptors (Lipinski definition) is 5. The normalized spacial score (nSPS) is 17.4. The summed E-state index contributed by atoms with van der Waals surface area (Å²) in [4.78, 5) is 11.2. The highest BCUT2D eigenvalue weighted by molar-refractivity contribution is 8.27. The standard InChI is InChI=1S/C21H28ClN3O4S/c1-21(2,3)19(23-20(26)27)10-7-13-24-17-12-11-15(22)14-18(17)25(30(24,28)29)16-8-5-4-6-9-16/h4-6,8-9,11-12,14,19,23,28-29H,7,10,13H2,1-3H3,(H,26,27).